The molecule has 1 amide bonds. The highest BCUT2D eigenvalue weighted by molar-refractivity contribution is 5.93. The molecule has 0 heterocycles. The van der Waals surface area contributed by atoms with Gasteiger partial charge in [-0.3, -0.25) is 4.79 Å². The molecular formula is C13H20N2O. The number of hydrogen-bond donors (Lipinski definition) is 1. The van der Waals surface area contributed by atoms with Crippen LogP contribution in [0.15, 0.2) is 24.3 Å². The van der Waals surface area contributed by atoms with E-state index in [1.54, 1.807) is 0 Å². The minimum atomic E-state index is 0.186. The van der Waals surface area contributed by atoms with Gasteiger partial charge in [0.2, 0.25) is 5.91 Å². The van der Waals surface area contributed by atoms with Gasteiger partial charge < -0.3 is 10.6 Å². The lowest BCUT2D eigenvalue weighted by atomic mass is 10.2. The molecule has 0 fully saturated rings. The summed E-state index contributed by atoms with van der Waals surface area (Å²) in [5.74, 6) is 0.186. The topological polar surface area (TPSA) is 46.3 Å². The van der Waals surface area contributed by atoms with Crippen LogP contribution in [0.5, 0.6) is 0 Å². The average molecular weight is 220 g/mol. The zero-order chi connectivity index (χ0) is 12.0. The Hall–Kier alpha value is -1.35. The quantitative estimate of drug-likeness (QED) is 0.827. The lowest BCUT2D eigenvalue weighted by Gasteiger charge is -2.21. The van der Waals surface area contributed by atoms with Gasteiger partial charge in [-0.1, -0.05) is 19.1 Å². The van der Waals surface area contributed by atoms with Crippen molar-refractivity contribution in [3.63, 3.8) is 0 Å². The lowest BCUT2D eigenvalue weighted by molar-refractivity contribution is -0.118. The summed E-state index contributed by atoms with van der Waals surface area (Å²) in [6.07, 6.45) is 1.49. The molecule has 0 aromatic heterocycles. The Morgan fingerprint density at radius 2 is 1.88 bits per heavy atom. The highest BCUT2D eigenvalue weighted by atomic mass is 16.2. The van der Waals surface area contributed by atoms with Crippen LogP contribution in [0.1, 0.15) is 32.3 Å². The van der Waals surface area contributed by atoms with Crippen LogP contribution in [0, 0.1) is 0 Å². The van der Waals surface area contributed by atoms with Gasteiger partial charge in [0.05, 0.1) is 0 Å². The summed E-state index contributed by atoms with van der Waals surface area (Å²) < 4.78 is 0. The summed E-state index contributed by atoms with van der Waals surface area (Å²) in [5.41, 5.74) is 7.58. The van der Waals surface area contributed by atoms with Crippen LogP contribution in [0.25, 0.3) is 0 Å². The Kier molecular flexibility index (Phi) is 4.99. The van der Waals surface area contributed by atoms with Crippen molar-refractivity contribution in [2.24, 2.45) is 5.73 Å². The van der Waals surface area contributed by atoms with Crippen LogP contribution < -0.4 is 10.6 Å². The van der Waals surface area contributed by atoms with Gasteiger partial charge in [0.25, 0.3) is 0 Å². The predicted molar refractivity (Wildman–Crippen MR) is 67.3 cm³/mol. The van der Waals surface area contributed by atoms with Crippen molar-refractivity contribution >= 4 is 11.6 Å². The molecule has 1 aromatic rings. The first kappa shape index (κ1) is 12.7. The number of rotatable bonds is 5. The number of nitrogens with zero attached hydrogens (tertiary/aromatic N) is 1. The second-order valence-electron chi connectivity index (χ2n) is 3.76. The summed E-state index contributed by atoms with van der Waals surface area (Å²) in [6.45, 7) is 5.25. The van der Waals surface area contributed by atoms with E-state index in [1.165, 1.54) is 0 Å². The molecule has 0 saturated carbocycles. The van der Waals surface area contributed by atoms with Gasteiger partial charge in [0.1, 0.15) is 0 Å². The summed E-state index contributed by atoms with van der Waals surface area (Å²) in [6, 6.07) is 7.85. The number of amides is 1. The van der Waals surface area contributed by atoms with Crippen molar-refractivity contribution < 1.29 is 4.79 Å². The Morgan fingerprint density at radius 1 is 1.25 bits per heavy atom. The minimum absolute atomic E-state index is 0.186. The molecule has 0 bridgehead atoms. The molecule has 0 saturated heterocycles. The molecule has 0 aliphatic heterocycles. The second kappa shape index (κ2) is 6.28. The highest BCUT2D eigenvalue weighted by Crippen LogP contribution is 2.16. The number of nitrogens with two attached hydrogens (primary N) is 1. The smallest absolute Gasteiger partial charge is 0.226 e. The number of hydrogen-bond acceptors (Lipinski definition) is 2. The Labute approximate surface area is 97.2 Å². The van der Waals surface area contributed by atoms with Crippen molar-refractivity contribution in [2.75, 3.05) is 11.4 Å². The van der Waals surface area contributed by atoms with E-state index in [0.717, 1.165) is 17.7 Å². The van der Waals surface area contributed by atoms with Crippen molar-refractivity contribution in [1.82, 2.24) is 0 Å². The molecule has 16 heavy (non-hydrogen) atoms. The van der Waals surface area contributed by atoms with Gasteiger partial charge in [-0.15, -0.1) is 0 Å². The zero-order valence-electron chi connectivity index (χ0n) is 10.1. The molecule has 2 N–H and O–H groups in total. The van der Waals surface area contributed by atoms with E-state index < -0.39 is 0 Å². The molecule has 1 rings (SSSR count). The van der Waals surface area contributed by atoms with E-state index in [4.69, 9.17) is 5.73 Å². The summed E-state index contributed by atoms with van der Waals surface area (Å²) >= 11 is 0. The van der Waals surface area contributed by atoms with Gasteiger partial charge in [-0.05, 0) is 31.0 Å². The van der Waals surface area contributed by atoms with Gasteiger partial charge >= 0.3 is 0 Å². The van der Waals surface area contributed by atoms with Crippen LogP contribution in [0.4, 0.5) is 5.69 Å². The third-order valence-corrected chi connectivity index (χ3v) is 2.56. The van der Waals surface area contributed by atoms with E-state index in [1.807, 2.05) is 43.0 Å². The van der Waals surface area contributed by atoms with E-state index in [2.05, 4.69) is 0 Å². The maximum absolute atomic E-state index is 11.8. The van der Waals surface area contributed by atoms with Crippen LogP contribution in [-0.2, 0) is 11.3 Å². The maximum atomic E-state index is 11.8. The molecule has 0 radical (unpaired) electrons. The SMILES string of the molecule is CCCC(=O)N(CC)c1ccc(CN)cc1. The summed E-state index contributed by atoms with van der Waals surface area (Å²) in [5, 5.41) is 0. The molecule has 0 aliphatic rings. The first-order chi connectivity index (χ1) is 7.72. The normalized spacial score (nSPS) is 10.2. The predicted octanol–water partition coefficient (Wildman–Crippen LogP) is 2.30. The third kappa shape index (κ3) is 3.07. The monoisotopic (exact) mass is 220 g/mol. The number of anilines is 1. The standard InChI is InChI=1S/C13H20N2O/c1-3-5-13(16)15(4-2)12-8-6-11(10-14)7-9-12/h6-9H,3-5,10,14H2,1-2H3. The molecular weight excluding hydrogens is 200 g/mol. The summed E-state index contributed by atoms with van der Waals surface area (Å²) in [7, 11) is 0. The molecule has 1 aromatic carbocycles. The van der Waals surface area contributed by atoms with E-state index in [9.17, 15) is 4.79 Å². The van der Waals surface area contributed by atoms with Crippen LogP contribution in [0.3, 0.4) is 0 Å². The van der Waals surface area contributed by atoms with Crippen molar-refractivity contribution in [3.05, 3.63) is 29.8 Å². The Bertz CT molecular complexity index is 332. The number of carbonyl (C=O) groups is 1. The summed E-state index contributed by atoms with van der Waals surface area (Å²) in [4.78, 5) is 13.6. The average Bonchev–Trinajstić information content (AvgIpc) is 2.31. The number of carbonyl (C=O) groups excluding carboxylic acids is 1. The first-order valence-corrected chi connectivity index (χ1v) is 5.82. The van der Waals surface area contributed by atoms with E-state index in [-0.39, 0.29) is 5.91 Å². The van der Waals surface area contributed by atoms with Crippen LogP contribution in [-0.4, -0.2) is 12.5 Å². The number of benzene rings is 1. The fourth-order valence-corrected chi connectivity index (χ4v) is 1.66. The molecule has 88 valence electrons. The van der Waals surface area contributed by atoms with Crippen LogP contribution in [0.2, 0.25) is 0 Å². The fraction of sp³-hybridized carbons (Fsp3) is 0.462. The van der Waals surface area contributed by atoms with Gasteiger partial charge in [-0.2, -0.15) is 0 Å². The maximum Gasteiger partial charge on any atom is 0.226 e. The molecule has 0 unspecified atom stereocenters. The van der Waals surface area contributed by atoms with Crippen LogP contribution >= 0.6 is 0 Å². The van der Waals surface area contributed by atoms with E-state index >= 15 is 0 Å². The highest BCUT2D eigenvalue weighted by Gasteiger charge is 2.12. The third-order valence-electron chi connectivity index (χ3n) is 2.56. The first-order valence-electron chi connectivity index (χ1n) is 5.82. The lowest BCUT2D eigenvalue weighted by Crippen LogP contribution is -2.30. The second-order valence-corrected chi connectivity index (χ2v) is 3.76. The van der Waals surface area contributed by atoms with Gasteiger partial charge in [0.15, 0.2) is 0 Å². The molecule has 0 atom stereocenters. The Morgan fingerprint density at radius 3 is 2.31 bits per heavy atom. The Balaban J connectivity index is 2.82. The molecule has 3 heteroatoms. The fourth-order valence-electron chi connectivity index (χ4n) is 1.66. The van der Waals surface area contributed by atoms with Gasteiger partial charge in [0, 0.05) is 25.2 Å². The molecule has 3 nitrogen and oxygen atoms in total. The van der Waals surface area contributed by atoms with E-state index in [0.29, 0.717) is 19.5 Å². The van der Waals surface area contributed by atoms with Crippen molar-refractivity contribution in [1.29, 1.82) is 0 Å². The van der Waals surface area contributed by atoms with Gasteiger partial charge in [-0.25, -0.2) is 0 Å². The largest absolute Gasteiger partial charge is 0.326 e. The van der Waals surface area contributed by atoms with Crippen molar-refractivity contribution in [3.8, 4) is 0 Å². The molecule has 0 aliphatic carbocycles. The van der Waals surface area contributed by atoms with Crippen molar-refractivity contribution in [2.45, 2.75) is 33.2 Å². The zero-order valence-corrected chi connectivity index (χ0v) is 10.1. The minimum Gasteiger partial charge on any atom is -0.326 e. The molecule has 0 spiro atoms.